The maximum atomic E-state index is 12.2. The third kappa shape index (κ3) is 4.15. The lowest BCUT2D eigenvalue weighted by molar-refractivity contribution is -0.0285. The van der Waals surface area contributed by atoms with Crippen molar-refractivity contribution < 1.29 is 9.26 Å². The average Bonchev–Trinajstić information content (AvgIpc) is 3.17. The Morgan fingerprint density at radius 1 is 1.39 bits per heavy atom. The Morgan fingerprint density at radius 3 is 2.68 bits per heavy atom. The standard InChI is InChI=1S/C19H32N5O3P/c1-8-14-9-15(27-28(7)24(11(2)3)12(4)5)19(26-14)23-10-20-16-17(23)21-13(6)22-18(16)25/h10-12,14-15,19H,8-9H2,1-7H3,(H,21,22,25)/t14-,15+,19-,28?/m1/s1. The zero-order valence-corrected chi connectivity index (χ0v) is 18.7. The molecule has 2 aromatic rings. The van der Waals surface area contributed by atoms with Gasteiger partial charge in [0.2, 0.25) is 0 Å². The van der Waals surface area contributed by atoms with E-state index in [1.165, 1.54) is 0 Å². The molecule has 3 heterocycles. The Morgan fingerprint density at radius 2 is 2.07 bits per heavy atom. The van der Waals surface area contributed by atoms with Crippen LogP contribution in [0.1, 0.15) is 59.5 Å². The fraction of sp³-hybridized carbons (Fsp3) is 0.737. The summed E-state index contributed by atoms with van der Waals surface area (Å²) in [4.78, 5) is 23.7. The Bertz CT molecular complexity index is 857. The second-order valence-corrected chi connectivity index (χ2v) is 9.54. The van der Waals surface area contributed by atoms with Gasteiger partial charge in [-0.15, -0.1) is 0 Å². The molecule has 4 atom stereocenters. The predicted molar refractivity (Wildman–Crippen MR) is 112 cm³/mol. The predicted octanol–water partition coefficient (Wildman–Crippen LogP) is 3.57. The number of hydrogen-bond acceptors (Lipinski definition) is 6. The molecule has 156 valence electrons. The van der Waals surface area contributed by atoms with Gasteiger partial charge in [-0.25, -0.2) is 9.97 Å². The number of imidazole rings is 1. The van der Waals surface area contributed by atoms with Crippen molar-refractivity contribution in [2.45, 2.75) is 84.9 Å². The number of H-pyrrole nitrogens is 1. The number of nitrogens with zero attached hydrogens (tertiary/aromatic N) is 4. The quantitative estimate of drug-likeness (QED) is 0.704. The number of fused-ring (bicyclic) bond motifs is 1. The smallest absolute Gasteiger partial charge is 0.279 e. The van der Waals surface area contributed by atoms with Crippen molar-refractivity contribution in [1.29, 1.82) is 0 Å². The molecule has 3 rings (SSSR count). The molecule has 1 unspecified atom stereocenters. The van der Waals surface area contributed by atoms with E-state index >= 15 is 0 Å². The first-order valence-corrected chi connectivity index (χ1v) is 11.7. The van der Waals surface area contributed by atoms with Crippen LogP contribution in [0.2, 0.25) is 0 Å². The van der Waals surface area contributed by atoms with Crippen molar-refractivity contribution in [3.8, 4) is 0 Å². The summed E-state index contributed by atoms with van der Waals surface area (Å²) in [6.45, 7) is 14.8. The van der Waals surface area contributed by atoms with Crippen molar-refractivity contribution in [3.05, 3.63) is 22.5 Å². The van der Waals surface area contributed by atoms with Crippen molar-refractivity contribution in [2.75, 3.05) is 6.66 Å². The van der Waals surface area contributed by atoms with Crippen molar-refractivity contribution in [1.82, 2.24) is 24.2 Å². The highest BCUT2D eigenvalue weighted by Crippen LogP contribution is 2.47. The number of aryl methyl sites for hydroxylation is 1. The van der Waals surface area contributed by atoms with Gasteiger partial charge in [0.05, 0.1) is 12.4 Å². The van der Waals surface area contributed by atoms with Gasteiger partial charge in [-0.2, -0.15) is 0 Å². The van der Waals surface area contributed by atoms with Gasteiger partial charge < -0.3 is 14.2 Å². The van der Waals surface area contributed by atoms with Crippen LogP contribution >= 0.6 is 8.30 Å². The molecule has 0 radical (unpaired) electrons. The van der Waals surface area contributed by atoms with Crippen LogP contribution in [0.3, 0.4) is 0 Å². The summed E-state index contributed by atoms with van der Waals surface area (Å²) in [6.07, 6.45) is 3.04. The summed E-state index contributed by atoms with van der Waals surface area (Å²) in [7, 11) is -0.785. The first kappa shape index (κ1) is 21.4. The molecule has 0 amide bonds. The minimum Gasteiger partial charge on any atom is -0.352 e. The fourth-order valence-corrected chi connectivity index (χ4v) is 6.03. The Balaban J connectivity index is 1.92. The molecule has 0 aromatic carbocycles. The largest absolute Gasteiger partial charge is 0.352 e. The van der Waals surface area contributed by atoms with Crippen LogP contribution in [0.15, 0.2) is 11.1 Å². The monoisotopic (exact) mass is 409 g/mol. The van der Waals surface area contributed by atoms with E-state index in [-0.39, 0.29) is 24.0 Å². The summed E-state index contributed by atoms with van der Waals surface area (Å²) in [5, 5.41) is 0. The molecule has 9 heteroatoms. The van der Waals surface area contributed by atoms with E-state index in [9.17, 15) is 4.79 Å². The van der Waals surface area contributed by atoms with E-state index in [0.29, 0.717) is 29.1 Å². The molecule has 1 N–H and O–H groups in total. The van der Waals surface area contributed by atoms with E-state index in [1.54, 1.807) is 13.3 Å². The number of aromatic amines is 1. The van der Waals surface area contributed by atoms with Crippen LogP contribution in [0, 0.1) is 6.92 Å². The molecular weight excluding hydrogens is 377 g/mol. The Hall–Kier alpha value is -1.34. The number of nitrogens with one attached hydrogen (secondary N) is 1. The second kappa shape index (κ2) is 8.57. The number of hydrogen-bond donors (Lipinski definition) is 1. The van der Waals surface area contributed by atoms with Gasteiger partial charge >= 0.3 is 0 Å². The number of ether oxygens (including phenoxy) is 1. The summed E-state index contributed by atoms with van der Waals surface area (Å²) < 4.78 is 17.1. The molecule has 1 aliphatic heterocycles. The van der Waals surface area contributed by atoms with Gasteiger partial charge in [0.15, 0.2) is 17.4 Å². The summed E-state index contributed by atoms with van der Waals surface area (Å²) >= 11 is 0. The van der Waals surface area contributed by atoms with Crippen LogP contribution < -0.4 is 5.56 Å². The Kier molecular flexibility index (Phi) is 6.54. The van der Waals surface area contributed by atoms with Crippen LogP contribution in [0.4, 0.5) is 0 Å². The first-order valence-electron chi connectivity index (χ1n) is 10.0. The van der Waals surface area contributed by atoms with Gasteiger partial charge in [0.1, 0.15) is 20.2 Å². The van der Waals surface area contributed by atoms with Gasteiger partial charge in [-0.1, -0.05) is 6.92 Å². The van der Waals surface area contributed by atoms with Crippen molar-refractivity contribution >= 4 is 19.5 Å². The van der Waals surface area contributed by atoms with Gasteiger partial charge in [0, 0.05) is 18.5 Å². The highest BCUT2D eigenvalue weighted by molar-refractivity contribution is 7.49. The highest BCUT2D eigenvalue weighted by atomic mass is 31.2. The molecule has 1 aliphatic rings. The van der Waals surface area contributed by atoms with E-state index in [4.69, 9.17) is 9.26 Å². The minimum atomic E-state index is -0.785. The molecule has 2 aromatic heterocycles. The number of aromatic nitrogens is 4. The summed E-state index contributed by atoms with van der Waals surface area (Å²) in [6, 6.07) is 0.798. The lowest BCUT2D eigenvalue weighted by atomic mass is 10.1. The SMILES string of the molecule is CC[C@@H]1C[C@H](OP(C)N(C(C)C)C(C)C)[C@H](n2cnc3c(=O)[nH]c(C)nc32)O1. The normalized spacial score (nSPS) is 24.1. The molecule has 0 aliphatic carbocycles. The maximum absolute atomic E-state index is 12.2. The lowest BCUT2D eigenvalue weighted by Gasteiger charge is -2.37. The van der Waals surface area contributed by atoms with Gasteiger partial charge in [-0.05, 0) is 47.7 Å². The van der Waals surface area contributed by atoms with Crippen LogP contribution in [-0.4, -0.2) is 55.1 Å². The zero-order chi connectivity index (χ0) is 20.6. The average molecular weight is 409 g/mol. The molecule has 0 bridgehead atoms. The molecule has 8 nitrogen and oxygen atoms in total. The maximum Gasteiger partial charge on any atom is 0.279 e. The van der Waals surface area contributed by atoms with E-state index < -0.39 is 8.30 Å². The fourth-order valence-electron chi connectivity index (χ4n) is 4.04. The molecule has 1 saturated heterocycles. The van der Waals surface area contributed by atoms with Gasteiger partial charge in [-0.3, -0.25) is 14.0 Å². The van der Waals surface area contributed by atoms with E-state index in [0.717, 1.165) is 12.8 Å². The molecule has 1 fully saturated rings. The topological polar surface area (TPSA) is 85.3 Å². The van der Waals surface area contributed by atoms with Crippen LogP contribution in [-0.2, 0) is 9.26 Å². The number of rotatable bonds is 7. The summed E-state index contributed by atoms with van der Waals surface area (Å²) in [5.74, 6) is 0.560. The lowest BCUT2D eigenvalue weighted by Crippen LogP contribution is -2.34. The second-order valence-electron chi connectivity index (χ2n) is 7.94. The van der Waals surface area contributed by atoms with Crippen molar-refractivity contribution in [2.24, 2.45) is 0 Å². The van der Waals surface area contributed by atoms with Gasteiger partial charge in [0.25, 0.3) is 5.56 Å². The highest BCUT2D eigenvalue weighted by Gasteiger charge is 2.39. The third-order valence-electron chi connectivity index (χ3n) is 5.10. The molecule has 28 heavy (non-hydrogen) atoms. The molecular formula is C19H32N5O3P. The first-order chi connectivity index (χ1) is 13.2. The molecule has 0 spiro atoms. The zero-order valence-electron chi connectivity index (χ0n) is 17.8. The Labute approximate surface area is 167 Å². The third-order valence-corrected chi connectivity index (χ3v) is 7.25. The molecule has 0 saturated carbocycles. The minimum absolute atomic E-state index is 0.111. The van der Waals surface area contributed by atoms with E-state index in [1.807, 2.05) is 4.57 Å². The summed E-state index contributed by atoms with van der Waals surface area (Å²) in [5.41, 5.74) is 0.645. The van der Waals surface area contributed by atoms with Crippen molar-refractivity contribution in [3.63, 3.8) is 0 Å². The van der Waals surface area contributed by atoms with Crippen LogP contribution in [0.5, 0.6) is 0 Å². The van der Waals surface area contributed by atoms with E-state index in [2.05, 4.69) is 60.9 Å². The van der Waals surface area contributed by atoms with Crippen LogP contribution in [0.25, 0.3) is 11.2 Å².